The highest BCUT2D eigenvalue weighted by Gasteiger charge is 2.16. The number of phenols is 1. The van der Waals surface area contributed by atoms with E-state index >= 15 is 0 Å². The van der Waals surface area contributed by atoms with Crippen molar-refractivity contribution in [3.8, 4) is 5.75 Å². The lowest BCUT2D eigenvalue weighted by molar-refractivity contribution is 0.450. The average Bonchev–Trinajstić information content (AvgIpc) is 2.31. The summed E-state index contributed by atoms with van der Waals surface area (Å²) < 4.78 is 0. The Bertz CT molecular complexity index is 319. The molecule has 0 aliphatic carbocycles. The van der Waals surface area contributed by atoms with Crippen LogP contribution in [0.1, 0.15) is 31.4 Å². The third-order valence-corrected chi connectivity index (χ3v) is 4.25. The summed E-state index contributed by atoms with van der Waals surface area (Å²) in [6.07, 6.45) is 2.61. The molecule has 0 spiro atoms. The SMILES string of the molecule is CC(NC1CCCSC1)c1ccc(O)cc1. The zero-order valence-electron chi connectivity index (χ0n) is 9.65. The molecular weight excluding hydrogens is 218 g/mol. The maximum absolute atomic E-state index is 9.24. The Balaban J connectivity index is 1.91. The van der Waals surface area contributed by atoms with Gasteiger partial charge in [0.25, 0.3) is 0 Å². The van der Waals surface area contributed by atoms with E-state index < -0.39 is 0 Å². The van der Waals surface area contributed by atoms with Crippen molar-refractivity contribution in [2.24, 2.45) is 0 Å². The van der Waals surface area contributed by atoms with Crippen LogP contribution in [0, 0.1) is 0 Å². The quantitative estimate of drug-likeness (QED) is 0.848. The van der Waals surface area contributed by atoms with Crippen molar-refractivity contribution >= 4 is 11.8 Å². The first-order valence-electron chi connectivity index (χ1n) is 5.88. The molecular formula is C13H19NOS. The molecule has 3 heteroatoms. The highest BCUT2D eigenvalue weighted by atomic mass is 32.2. The maximum Gasteiger partial charge on any atom is 0.115 e. The van der Waals surface area contributed by atoms with Gasteiger partial charge in [0.15, 0.2) is 0 Å². The Labute approximate surface area is 101 Å². The number of aromatic hydroxyl groups is 1. The Morgan fingerprint density at radius 3 is 2.75 bits per heavy atom. The second-order valence-electron chi connectivity index (χ2n) is 4.39. The van der Waals surface area contributed by atoms with Gasteiger partial charge in [-0.15, -0.1) is 0 Å². The number of rotatable bonds is 3. The molecule has 0 radical (unpaired) electrons. The molecule has 0 aromatic heterocycles. The molecule has 1 aromatic carbocycles. The fraction of sp³-hybridized carbons (Fsp3) is 0.538. The smallest absolute Gasteiger partial charge is 0.115 e. The predicted octanol–water partition coefficient (Wildman–Crippen LogP) is 2.94. The van der Waals surface area contributed by atoms with Gasteiger partial charge in [-0.3, -0.25) is 0 Å². The van der Waals surface area contributed by atoms with Crippen LogP contribution in [0.3, 0.4) is 0 Å². The van der Waals surface area contributed by atoms with E-state index in [9.17, 15) is 5.11 Å². The first-order chi connectivity index (χ1) is 7.75. The molecule has 88 valence electrons. The van der Waals surface area contributed by atoms with Crippen LogP contribution in [-0.2, 0) is 0 Å². The van der Waals surface area contributed by atoms with Crippen molar-refractivity contribution in [2.75, 3.05) is 11.5 Å². The van der Waals surface area contributed by atoms with Crippen LogP contribution in [0.5, 0.6) is 5.75 Å². The highest BCUT2D eigenvalue weighted by Crippen LogP contribution is 2.21. The van der Waals surface area contributed by atoms with Gasteiger partial charge in [-0.25, -0.2) is 0 Å². The highest BCUT2D eigenvalue weighted by molar-refractivity contribution is 7.99. The van der Waals surface area contributed by atoms with Crippen molar-refractivity contribution in [1.29, 1.82) is 0 Å². The summed E-state index contributed by atoms with van der Waals surface area (Å²) in [5.74, 6) is 2.87. The van der Waals surface area contributed by atoms with Crippen LogP contribution < -0.4 is 5.32 Å². The molecule has 0 saturated carbocycles. The minimum Gasteiger partial charge on any atom is -0.508 e. The van der Waals surface area contributed by atoms with Crippen LogP contribution in [0.25, 0.3) is 0 Å². The second kappa shape index (κ2) is 5.60. The molecule has 1 heterocycles. The Kier molecular flexibility index (Phi) is 4.13. The Hall–Kier alpha value is -0.670. The lowest BCUT2D eigenvalue weighted by Gasteiger charge is -2.26. The summed E-state index contributed by atoms with van der Waals surface area (Å²) in [5, 5.41) is 12.9. The molecule has 1 aliphatic rings. The molecule has 16 heavy (non-hydrogen) atoms. The Morgan fingerprint density at radius 1 is 1.38 bits per heavy atom. The maximum atomic E-state index is 9.24. The van der Waals surface area contributed by atoms with E-state index in [1.165, 1.54) is 29.9 Å². The first kappa shape index (κ1) is 11.8. The molecule has 1 aromatic rings. The Morgan fingerprint density at radius 2 is 2.12 bits per heavy atom. The standard InChI is InChI=1S/C13H19NOS/c1-10(11-4-6-13(15)7-5-11)14-12-3-2-8-16-9-12/h4-7,10,12,14-15H,2-3,8-9H2,1H3. The molecule has 1 aliphatic heterocycles. The summed E-state index contributed by atoms with van der Waals surface area (Å²) in [6.45, 7) is 2.19. The topological polar surface area (TPSA) is 32.3 Å². The zero-order chi connectivity index (χ0) is 11.4. The monoisotopic (exact) mass is 237 g/mol. The van der Waals surface area contributed by atoms with Gasteiger partial charge in [0.05, 0.1) is 0 Å². The fourth-order valence-corrected chi connectivity index (χ4v) is 3.17. The summed E-state index contributed by atoms with van der Waals surface area (Å²) in [4.78, 5) is 0. The third-order valence-electron chi connectivity index (χ3n) is 3.04. The molecule has 1 fully saturated rings. The van der Waals surface area contributed by atoms with E-state index in [-0.39, 0.29) is 0 Å². The molecule has 2 nitrogen and oxygen atoms in total. The summed E-state index contributed by atoms with van der Waals surface area (Å²) in [5.41, 5.74) is 1.24. The molecule has 0 amide bonds. The van der Waals surface area contributed by atoms with Gasteiger partial charge in [-0.05, 0) is 43.2 Å². The lowest BCUT2D eigenvalue weighted by atomic mass is 10.1. The largest absolute Gasteiger partial charge is 0.508 e. The molecule has 0 bridgehead atoms. The van der Waals surface area contributed by atoms with Gasteiger partial charge in [0.2, 0.25) is 0 Å². The van der Waals surface area contributed by atoms with E-state index in [1.54, 1.807) is 12.1 Å². The van der Waals surface area contributed by atoms with E-state index in [0.717, 1.165) is 0 Å². The summed E-state index contributed by atoms with van der Waals surface area (Å²) >= 11 is 2.04. The van der Waals surface area contributed by atoms with E-state index in [1.807, 2.05) is 23.9 Å². The van der Waals surface area contributed by atoms with Crippen LogP contribution >= 0.6 is 11.8 Å². The third kappa shape index (κ3) is 3.16. The van der Waals surface area contributed by atoms with Gasteiger partial charge in [-0.2, -0.15) is 11.8 Å². The predicted molar refractivity (Wildman–Crippen MR) is 70.0 cm³/mol. The van der Waals surface area contributed by atoms with Crippen LogP contribution in [0.15, 0.2) is 24.3 Å². The fourth-order valence-electron chi connectivity index (χ4n) is 2.08. The van der Waals surface area contributed by atoms with Crippen LogP contribution in [0.2, 0.25) is 0 Å². The van der Waals surface area contributed by atoms with Gasteiger partial charge >= 0.3 is 0 Å². The first-order valence-corrected chi connectivity index (χ1v) is 7.04. The van der Waals surface area contributed by atoms with Crippen molar-refractivity contribution < 1.29 is 5.11 Å². The average molecular weight is 237 g/mol. The number of hydrogen-bond acceptors (Lipinski definition) is 3. The number of hydrogen-bond donors (Lipinski definition) is 2. The molecule has 2 rings (SSSR count). The number of thioether (sulfide) groups is 1. The number of benzene rings is 1. The van der Waals surface area contributed by atoms with Crippen LogP contribution in [-0.4, -0.2) is 22.7 Å². The summed E-state index contributed by atoms with van der Waals surface area (Å²) in [7, 11) is 0. The summed E-state index contributed by atoms with van der Waals surface area (Å²) in [6, 6.07) is 8.49. The van der Waals surface area contributed by atoms with E-state index in [0.29, 0.717) is 17.8 Å². The number of phenolic OH excluding ortho intramolecular Hbond substituents is 1. The second-order valence-corrected chi connectivity index (χ2v) is 5.54. The number of nitrogens with one attached hydrogen (secondary N) is 1. The lowest BCUT2D eigenvalue weighted by Crippen LogP contribution is -2.35. The van der Waals surface area contributed by atoms with Gasteiger partial charge < -0.3 is 10.4 Å². The van der Waals surface area contributed by atoms with Crippen molar-refractivity contribution in [3.63, 3.8) is 0 Å². The zero-order valence-corrected chi connectivity index (χ0v) is 10.5. The molecule has 1 saturated heterocycles. The minimum atomic E-state index is 0.337. The molecule has 2 unspecified atom stereocenters. The van der Waals surface area contributed by atoms with E-state index in [2.05, 4.69) is 12.2 Å². The van der Waals surface area contributed by atoms with Gasteiger partial charge in [0.1, 0.15) is 5.75 Å². The normalized spacial score (nSPS) is 22.9. The molecule has 2 N–H and O–H groups in total. The van der Waals surface area contributed by atoms with Crippen molar-refractivity contribution in [1.82, 2.24) is 5.32 Å². The van der Waals surface area contributed by atoms with Crippen molar-refractivity contribution in [2.45, 2.75) is 31.8 Å². The van der Waals surface area contributed by atoms with Gasteiger partial charge in [0, 0.05) is 17.8 Å². The van der Waals surface area contributed by atoms with Gasteiger partial charge in [-0.1, -0.05) is 12.1 Å². The molecule has 2 atom stereocenters. The van der Waals surface area contributed by atoms with Crippen molar-refractivity contribution in [3.05, 3.63) is 29.8 Å². The van der Waals surface area contributed by atoms with Crippen LogP contribution in [0.4, 0.5) is 0 Å². The van der Waals surface area contributed by atoms with E-state index in [4.69, 9.17) is 0 Å². The minimum absolute atomic E-state index is 0.337.